The first-order valence-corrected chi connectivity index (χ1v) is 5.28. The van der Waals surface area contributed by atoms with Crippen LogP contribution in [0.2, 0.25) is 0 Å². The highest BCUT2D eigenvalue weighted by molar-refractivity contribution is 5.32. The summed E-state index contributed by atoms with van der Waals surface area (Å²) in [5.74, 6) is 0.700. The Bertz CT molecular complexity index is 273. The number of benzene rings is 1. The molecule has 13 heavy (non-hydrogen) atoms. The molecule has 0 saturated carbocycles. The van der Waals surface area contributed by atoms with Crippen LogP contribution in [0.4, 0.5) is 0 Å². The van der Waals surface area contributed by atoms with E-state index in [1.807, 2.05) is 0 Å². The molecule has 0 bridgehead atoms. The van der Waals surface area contributed by atoms with Gasteiger partial charge in [-0.2, -0.15) is 0 Å². The summed E-state index contributed by atoms with van der Waals surface area (Å²) < 4.78 is 0. The van der Waals surface area contributed by atoms with Crippen molar-refractivity contribution in [2.75, 3.05) is 0 Å². The quantitative estimate of drug-likeness (QED) is 0.651. The van der Waals surface area contributed by atoms with Crippen molar-refractivity contribution in [3.05, 3.63) is 34.9 Å². The van der Waals surface area contributed by atoms with Gasteiger partial charge in [0.2, 0.25) is 0 Å². The number of rotatable bonds is 3. The largest absolute Gasteiger partial charge is 0.0648 e. The van der Waals surface area contributed by atoms with Gasteiger partial charge in [0, 0.05) is 0 Å². The summed E-state index contributed by atoms with van der Waals surface area (Å²) in [5, 5.41) is 0. The van der Waals surface area contributed by atoms with E-state index in [4.69, 9.17) is 0 Å². The zero-order valence-electron chi connectivity index (χ0n) is 9.22. The van der Waals surface area contributed by atoms with E-state index in [-0.39, 0.29) is 0 Å². The van der Waals surface area contributed by atoms with Gasteiger partial charge in [-0.1, -0.05) is 39.0 Å². The first-order valence-electron chi connectivity index (χ1n) is 5.28. The first kappa shape index (κ1) is 10.3. The van der Waals surface area contributed by atoms with Crippen molar-refractivity contribution in [3.8, 4) is 0 Å². The van der Waals surface area contributed by atoms with E-state index in [9.17, 15) is 0 Å². The van der Waals surface area contributed by atoms with E-state index < -0.39 is 0 Å². The Morgan fingerprint density at radius 2 is 1.92 bits per heavy atom. The van der Waals surface area contributed by atoms with Gasteiger partial charge in [-0.05, 0) is 42.4 Å². The fraction of sp³-hybridized carbons (Fsp3) is 0.538. The molecular weight excluding hydrogens is 156 g/mol. The third kappa shape index (κ3) is 2.33. The highest BCUT2D eigenvalue weighted by atomic mass is 14.1. The van der Waals surface area contributed by atoms with E-state index in [0.29, 0.717) is 5.92 Å². The lowest BCUT2D eigenvalue weighted by Gasteiger charge is -2.11. The lowest BCUT2D eigenvalue weighted by atomic mass is 9.94. The van der Waals surface area contributed by atoms with Crippen molar-refractivity contribution in [1.29, 1.82) is 0 Å². The normalized spacial score (nSPS) is 12.9. The van der Waals surface area contributed by atoms with E-state index >= 15 is 0 Å². The molecular formula is C13H20. The molecule has 0 heterocycles. The number of hydrogen-bond donors (Lipinski definition) is 0. The van der Waals surface area contributed by atoms with Gasteiger partial charge in [-0.3, -0.25) is 0 Å². The van der Waals surface area contributed by atoms with Crippen LogP contribution in [-0.2, 0) is 6.42 Å². The minimum Gasteiger partial charge on any atom is -0.0648 e. The second-order valence-electron chi connectivity index (χ2n) is 3.85. The molecule has 0 aliphatic carbocycles. The SMILES string of the molecule is CCc1cc(C(C)CC)ccc1C. The molecule has 0 amide bonds. The fourth-order valence-electron chi connectivity index (χ4n) is 1.61. The molecule has 0 fully saturated rings. The topological polar surface area (TPSA) is 0 Å². The smallest absolute Gasteiger partial charge is 0.0193 e. The van der Waals surface area contributed by atoms with Gasteiger partial charge in [0.15, 0.2) is 0 Å². The molecule has 0 nitrogen and oxygen atoms in total. The molecule has 0 aromatic heterocycles. The molecule has 0 aliphatic heterocycles. The van der Waals surface area contributed by atoms with E-state index in [0.717, 1.165) is 6.42 Å². The van der Waals surface area contributed by atoms with Gasteiger partial charge in [0.05, 0.1) is 0 Å². The predicted molar refractivity (Wildman–Crippen MR) is 59.3 cm³/mol. The minimum atomic E-state index is 0.700. The first-order chi connectivity index (χ1) is 6.19. The second-order valence-corrected chi connectivity index (χ2v) is 3.85. The Morgan fingerprint density at radius 1 is 1.23 bits per heavy atom. The van der Waals surface area contributed by atoms with Crippen molar-refractivity contribution < 1.29 is 0 Å². The molecule has 1 rings (SSSR count). The molecule has 0 heteroatoms. The third-order valence-corrected chi connectivity index (χ3v) is 2.94. The van der Waals surface area contributed by atoms with Gasteiger partial charge in [-0.15, -0.1) is 0 Å². The van der Waals surface area contributed by atoms with Crippen LogP contribution >= 0.6 is 0 Å². The van der Waals surface area contributed by atoms with Crippen molar-refractivity contribution in [2.24, 2.45) is 0 Å². The summed E-state index contributed by atoms with van der Waals surface area (Å²) in [6, 6.07) is 6.88. The van der Waals surface area contributed by atoms with Crippen LogP contribution in [0.25, 0.3) is 0 Å². The molecule has 0 saturated heterocycles. The summed E-state index contributed by atoms with van der Waals surface area (Å²) in [5.41, 5.74) is 4.41. The van der Waals surface area contributed by atoms with Gasteiger partial charge in [0.25, 0.3) is 0 Å². The average Bonchev–Trinajstić information content (AvgIpc) is 2.17. The highest BCUT2D eigenvalue weighted by Crippen LogP contribution is 2.21. The summed E-state index contributed by atoms with van der Waals surface area (Å²) in [6.07, 6.45) is 2.38. The lowest BCUT2D eigenvalue weighted by Crippen LogP contribution is -1.94. The zero-order valence-corrected chi connectivity index (χ0v) is 9.22. The van der Waals surface area contributed by atoms with Crippen molar-refractivity contribution >= 4 is 0 Å². The summed E-state index contributed by atoms with van der Waals surface area (Å²) in [4.78, 5) is 0. The number of aryl methyl sites for hydroxylation is 2. The fourth-order valence-corrected chi connectivity index (χ4v) is 1.61. The molecule has 1 aromatic carbocycles. The van der Waals surface area contributed by atoms with Crippen molar-refractivity contribution in [3.63, 3.8) is 0 Å². The Balaban J connectivity index is 2.99. The van der Waals surface area contributed by atoms with Gasteiger partial charge < -0.3 is 0 Å². The summed E-state index contributed by atoms with van der Waals surface area (Å²) >= 11 is 0. The van der Waals surface area contributed by atoms with Crippen LogP contribution in [0, 0.1) is 6.92 Å². The Morgan fingerprint density at radius 3 is 2.46 bits per heavy atom. The monoisotopic (exact) mass is 176 g/mol. The molecule has 0 radical (unpaired) electrons. The summed E-state index contributed by atoms with van der Waals surface area (Å²) in [7, 11) is 0. The summed E-state index contributed by atoms with van der Waals surface area (Å²) in [6.45, 7) is 8.96. The van der Waals surface area contributed by atoms with Crippen LogP contribution in [0.1, 0.15) is 49.8 Å². The van der Waals surface area contributed by atoms with Crippen molar-refractivity contribution in [2.45, 2.75) is 46.5 Å². The Labute approximate surface area is 82.0 Å². The Hall–Kier alpha value is -0.780. The van der Waals surface area contributed by atoms with Gasteiger partial charge in [-0.25, -0.2) is 0 Å². The molecule has 1 atom stereocenters. The molecule has 0 spiro atoms. The maximum Gasteiger partial charge on any atom is -0.0193 e. The minimum absolute atomic E-state index is 0.700. The zero-order chi connectivity index (χ0) is 9.84. The van der Waals surface area contributed by atoms with E-state index in [2.05, 4.69) is 45.9 Å². The average molecular weight is 176 g/mol. The molecule has 0 N–H and O–H groups in total. The van der Waals surface area contributed by atoms with Gasteiger partial charge >= 0.3 is 0 Å². The molecule has 0 aliphatic rings. The second kappa shape index (κ2) is 4.45. The Kier molecular flexibility index (Phi) is 3.53. The standard InChI is InChI=1S/C13H20/c1-5-10(3)13-8-7-11(4)12(6-2)9-13/h7-10H,5-6H2,1-4H3. The van der Waals surface area contributed by atoms with E-state index in [1.54, 1.807) is 0 Å². The highest BCUT2D eigenvalue weighted by Gasteiger charge is 2.04. The third-order valence-electron chi connectivity index (χ3n) is 2.94. The number of hydrogen-bond acceptors (Lipinski definition) is 0. The van der Waals surface area contributed by atoms with Crippen LogP contribution in [0.5, 0.6) is 0 Å². The van der Waals surface area contributed by atoms with E-state index in [1.165, 1.54) is 23.1 Å². The maximum atomic E-state index is 2.36. The van der Waals surface area contributed by atoms with Crippen LogP contribution in [0.3, 0.4) is 0 Å². The molecule has 72 valence electrons. The maximum absolute atomic E-state index is 2.36. The van der Waals surface area contributed by atoms with Gasteiger partial charge in [0.1, 0.15) is 0 Å². The molecule has 1 aromatic rings. The van der Waals surface area contributed by atoms with Crippen LogP contribution in [-0.4, -0.2) is 0 Å². The predicted octanol–water partition coefficient (Wildman–Crippen LogP) is 4.07. The van der Waals surface area contributed by atoms with Crippen LogP contribution < -0.4 is 0 Å². The van der Waals surface area contributed by atoms with Crippen molar-refractivity contribution in [1.82, 2.24) is 0 Å². The lowest BCUT2D eigenvalue weighted by molar-refractivity contribution is 0.731. The van der Waals surface area contributed by atoms with Crippen LogP contribution in [0.15, 0.2) is 18.2 Å². The molecule has 1 unspecified atom stereocenters.